The number of hydrogen-bond acceptors (Lipinski definition) is 1. The Bertz CT molecular complexity index is 339. The first-order valence-electron chi connectivity index (χ1n) is 5.33. The summed E-state index contributed by atoms with van der Waals surface area (Å²) in [4.78, 5) is 0. The Labute approximate surface area is 97.8 Å². The molecule has 0 aliphatic rings. The maximum absolute atomic E-state index is 6.21. The Morgan fingerprint density at radius 3 is 2.33 bits per heavy atom. The van der Waals surface area contributed by atoms with Crippen LogP contribution in [0.4, 0.5) is 0 Å². The van der Waals surface area contributed by atoms with Crippen LogP contribution in [-0.2, 0) is 0 Å². The van der Waals surface area contributed by atoms with Gasteiger partial charge in [0.15, 0.2) is 0 Å². The Balaban J connectivity index is 2.87. The maximum Gasteiger partial charge on any atom is 0.0456 e. The van der Waals surface area contributed by atoms with Crippen LogP contribution in [0, 0.1) is 6.92 Å². The average Bonchev–Trinajstić information content (AvgIpc) is 1.99. The second-order valence-corrected chi connectivity index (χ2v) is 5.55. The van der Waals surface area contributed by atoms with Crippen molar-refractivity contribution < 1.29 is 0 Å². The zero-order chi connectivity index (χ0) is 11.6. The van der Waals surface area contributed by atoms with Crippen molar-refractivity contribution in [2.24, 2.45) is 0 Å². The molecule has 0 amide bonds. The number of halogens is 1. The van der Waals surface area contributed by atoms with Gasteiger partial charge in [-0.3, -0.25) is 0 Å². The largest absolute Gasteiger partial charge is 0.305 e. The standard InChI is InChI=1S/C13H20ClN/c1-9-6-7-11(12(14)8-9)10(2)15-13(3,4)5/h6-8,10,15H,1-5H3. The summed E-state index contributed by atoms with van der Waals surface area (Å²) in [6.07, 6.45) is 0. The smallest absolute Gasteiger partial charge is 0.0456 e. The summed E-state index contributed by atoms with van der Waals surface area (Å²) in [7, 11) is 0. The topological polar surface area (TPSA) is 12.0 Å². The highest BCUT2D eigenvalue weighted by Gasteiger charge is 2.16. The van der Waals surface area contributed by atoms with Gasteiger partial charge in [0.2, 0.25) is 0 Å². The van der Waals surface area contributed by atoms with Gasteiger partial charge in [0.1, 0.15) is 0 Å². The van der Waals surface area contributed by atoms with Crippen molar-refractivity contribution in [2.75, 3.05) is 0 Å². The quantitative estimate of drug-likeness (QED) is 0.799. The molecule has 0 spiro atoms. The molecule has 2 heteroatoms. The molecule has 0 aliphatic heterocycles. The lowest BCUT2D eigenvalue weighted by molar-refractivity contribution is 0.378. The number of hydrogen-bond donors (Lipinski definition) is 1. The van der Waals surface area contributed by atoms with Crippen molar-refractivity contribution in [1.29, 1.82) is 0 Å². The van der Waals surface area contributed by atoms with Gasteiger partial charge >= 0.3 is 0 Å². The van der Waals surface area contributed by atoms with Crippen molar-refractivity contribution >= 4 is 11.6 Å². The van der Waals surface area contributed by atoms with E-state index >= 15 is 0 Å². The van der Waals surface area contributed by atoms with E-state index in [-0.39, 0.29) is 11.6 Å². The molecular formula is C13H20ClN. The van der Waals surface area contributed by atoms with E-state index in [2.05, 4.69) is 52.1 Å². The number of benzene rings is 1. The van der Waals surface area contributed by atoms with E-state index in [9.17, 15) is 0 Å². The summed E-state index contributed by atoms with van der Waals surface area (Å²) in [6.45, 7) is 10.7. The monoisotopic (exact) mass is 225 g/mol. The first kappa shape index (κ1) is 12.5. The number of nitrogens with one attached hydrogen (secondary N) is 1. The van der Waals surface area contributed by atoms with Crippen LogP contribution in [0.2, 0.25) is 5.02 Å². The van der Waals surface area contributed by atoms with Gasteiger partial charge in [-0.1, -0.05) is 23.7 Å². The fraction of sp³-hybridized carbons (Fsp3) is 0.538. The van der Waals surface area contributed by atoms with Gasteiger partial charge in [-0.2, -0.15) is 0 Å². The third-order valence-corrected chi connectivity index (χ3v) is 2.60. The molecule has 0 radical (unpaired) electrons. The van der Waals surface area contributed by atoms with Crippen LogP contribution in [0.15, 0.2) is 18.2 Å². The van der Waals surface area contributed by atoms with Crippen molar-refractivity contribution in [3.05, 3.63) is 34.3 Å². The Hall–Kier alpha value is -0.530. The minimum absolute atomic E-state index is 0.105. The van der Waals surface area contributed by atoms with E-state index in [0.717, 1.165) is 10.6 Å². The van der Waals surface area contributed by atoms with Crippen LogP contribution in [-0.4, -0.2) is 5.54 Å². The van der Waals surface area contributed by atoms with Crippen LogP contribution in [0.3, 0.4) is 0 Å². The molecule has 0 saturated heterocycles. The Morgan fingerprint density at radius 1 is 1.27 bits per heavy atom. The summed E-state index contributed by atoms with van der Waals surface area (Å²) >= 11 is 6.21. The molecule has 1 rings (SSSR count). The lowest BCUT2D eigenvalue weighted by atomic mass is 10.0. The SMILES string of the molecule is Cc1ccc(C(C)NC(C)(C)C)c(Cl)c1. The van der Waals surface area contributed by atoms with E-state index in [1.54, 1.807) is 0 Å². The fourth-order valence-electron chi connectivity index (χ4n) is 1.71. The molecule has 15 heavy (non-hydrogen) atoms. The molecule has 0 bridgehead atoms. The van der Waals surface area contributed by atoms with Gasteiger partial charge in [0.25, 0.3) is 0 Å². The van der Waals surface area contributed by atoms with E-state index < -0.39 is 0 Å². The minimum Gasteiger partial charge on any atom is -0.305 e. The van der Waals surface area contributed by atoms with Crippen molar-refractivity contribution in [3.63, 3.8) is 0 Å². The van der Waals surface area contributed by atoms with E-state index in [1.807, 2.05) is 6.07 Å². The van der Waals surface area contributed by atoms with Gasteiger partial charge in [-0.15, -0.1) is 0 Å². The second-order valence-electron chi connectivity index (χ2n) is 5.14. The minimum atomic E-state index is 0.105. The summed E-state index contributed by atoms with van der Waals surface area (Å²) in [6, 6.07) is 6.49. The average molecular weight is 226 g/mol. The number of rotatable bonds is 2. The van der Waals surface area contributed by atoms with Crippen LogP contribution in [0.5, 0.6) is 0 Å². The molecule has 0 fully saturated rings. The molecule has 1 unspecified atom stereocenters. The Kier molecular flexibility index (Phi) is 3.80. The zero-order valence-corrected chi connectivity index (χ0v) is 10.9. The molecule has 84 valence electrons. The molecule has 0 aromatic heterocycles. The predicted octanol–water partition coefficient (Wildman–Crippen LogP) is 4.10. The molecule has 1 nitrogen and oxygen atoms in total. The molecular weight excluding hydrogens is 206 g/mol. The normalized spacial score (nSPS) is 14.0. The molecule has 0 saturated carbocycles. The van der Waals surface area contributed by atoms with Crippen molar-refractivity contribution in [2.45, 2.75) is 46.2 Å². The Morgan fingerprint density at radius 2 is 1.87 bits per heavy atom. The molecule has 1 N–H and O–H groups in total. The van der Waals surface area contributed by atoms with Gasteiger partial charge in [0, 0.05) is 16.6 Å². The summed E-state index contributed by atoms with van der Waals surface area (Å²) in [5, 5.41) is 4.36. The van der Waals surface area contributed by atoms with Crippen LogP contribution < -0.4 is 5.32 Å². The van der Waals surface area contributed by atoms with Crippen LogP contribution in [0.25, 0.3) is 0 Å². The first-order valence-corrected chi connectivity index (χ1v) is 5.71. The zero-order valence-electron chi connectivity index (χ0n) is 10.2. The predicted molar refractivity (Wildman–Crippen MR) is 67.5 cm³/mol. The van der Waals surface area contributed by atoms with Crippen LogP contribution >= 0.6 is 11.6 Å². The lowest BCUT2D eigenvalue weighted by Crippen LogP contribution is -2.37. The van der Waals surface area contributed by atoms with E-state index in [0.29, 0.717) is 0 Å². The highest BCUT2D eigenvalue weighted by Crippen LogP contribution is 2.25. The second kappa shape index (κ2) is 4.54. The third kappa shape index (κ3) is 3.84. The lowest BCUT2D eigenvalue weighted by Gasteiger charge is -2.27. The summed E-state index contributed by atoms with van der Waals surface area (Å²) in [5.41, 5.74) is 2.47. The highest BCUT2D eigenvalue weighted by molar-refractivity contribution is 6.31. The van der Waals surface area contributed by atoms with E-state index in [1.165, 1.54) is 5.56 Å². The van der Waals surface area contributed by atoms with Crippen molar-refractivity contribution in [1.82, 2.24) is 5.32 Å². The van der Waals surface area contributed by atoms with Gasteiger partial charge in [-0.05, 0) is 51.8 Å². The summed E-state index contributed by atoms with van der Waals surface area (Å²) < 4.78 is 0. The van der Waals surface area contributed by atoms with Gasteiger partial charge in [0.05, 0.1) is 0 Å². The maximum atomic E-state index is 6.21. The first-order chi connectivity index (χ1) is 6.79. The van der Waals surface area contributed by atoms with Gasteiger partial charge < -0.3 is 5.32 Å². The third-order valence-electron chi connectivity index (χ3n) is 2.27. The van der Waals surface area contributed by atoms with Crippen LogP contribution in [0.1, 0.15) is 44.9 Å². The molecule has 0 heterocycles. The molecule has 0 aliphatic carbocycles. The van der Waals surface area contributed by atoms with Crippen molar-refractivity contribution in [3.8, 4) is 0 Å². The van der Waals surface area contributed by atoms with E-state index in [4.69, 9.17) is 11.6 Å². The summed E-state index contributed by atoms with van der Waals surface area (Å²) in [5.74, 6) is 0. The molecule has 1 aromatic rings. The fourth-order valence-corrected chi connectivity index (χ4v) is 2.11. The highest BCUT2D eigenvalue weighted by atomic mass is 35.5. The molecule has 1 aromatic carbocycles. The molecule has 1 atom stereocenters. The van der Waals surface area contributed by atoms with Gasteiger partial charge in [-0.25, -0.2) is 0 Å². The number of aryl methyl sites for hydroxylation is 1.